The quantitative estimate of drug-likeness (QED) is 0.146. The number of ether oxygens (including phenoxy) is 1. The maximum atomic E-state index is 13.4. The van der Waals surface area contributed by atoms with Crippen molar-refractivity contribution in [3.05, 3.63) is 132 Å². The van der Waals surface area contributed by atoms with E-state index in [0.717, 1.165) is 38.8 Å². The monoisotopic (exact) mass is 587 g/mol. The summed E-state index contributed by atoms with van der Waals surface area (Å²) in [6.45, 7) is 8.49. The van der Waals surface area contributed by atoms with Crippen LogP contribution in [0.15, 0.2) is 115 Å². The third kappa shape index (κ3) is 9.16. The highest BCUT2D eigenvalue weighted by atomic mass is 16.5. The summed E-state index contributed by atoms with van der Waals surface area (Å²) < 4.78 is 6.26. The molecule has 0 radical (unpaired) electrons. The summed E-state index contributed by atoms with van der Waals surface area (Å²) in [4.78, 5) is 16.0. The molecule has 0 bridgehead atoms. The van der Waals surface area contributed by atoms with Crippen molar-refractivity contribution in [2.75, 3.05) is 0 Å². The third-order valence-corrected chi connectivity index (χ3v) is 9.43. The first-order valence-corrected chi connectivity index (χ1v) is 16.6. The molecule has 0 aliphatic heterocycles. The van der Waals surface area contributed by atoms with E-state index in [-0.39, 0.29) is 18.1 Å². The average Bonchev–Trinajstić information content (AvgIpc) is 3.04. The molecule has 1 aliphatic rings. The summed E-state index contributed by atoms with van der Waals surface area (Å²) in [5.74, 6) is 1.56. The first-order chi connectivity index (χ1) is 21.4. The summed E-state index contributed by atoms with van der Waals surface area (Å²) in [5, 5.41) is 0. The Morgan fingerprint density at radius 3 is 1.84 bits per heavy atom. The fourth-order valence-corrected chi connectivity index (χ4v) is 6.86. The van der Waals surface area contributed by atoms with Gasteiger partial charge < -0.3 is 4.74 Å². The van der Waals surface area contributed by atoms with E-state index in [1.165, 1.54) is 34.2 Å². The fraction of sp³-hybridized carbons (Fsp3) is 0.390. The molecule has 1 aliphatic carbocycles. The Morgan fingerprint density at radius 1 is 0.727 bits per heavy atom. The van der Waals surface area contributed by atoms with E-state index < -0.39 is 0 Å². The molecular formula is C41H49NO2. The molecule has 0 aromatic heterocycles. The molecule has 230 valence electrons. The van der Waals surface area contributed by atoms with Crippen molar-refractivity contribution in [1.82, 2.24) is 4.90 Å². The minimum absolute atomic E-state index is 0.0416. The van der Waals surface area contributed by atoms with Gasteiger partial charge in [-0.1, -0.05) is 142 Å². The number of benzene rings is 4. The van der Waals surface area contributed by atoms with Crippen molar-refractivity contribution >= 4 is 5.97 Å². The number of hydrogen-bond acceptors (Lipinski definition) is 3. The van der Waals surface area contributed by atoms with E-state index in [1.807, 2.05) is 0 Å². The molecule has 0 amide bonds. The van der Waals surface area contributed by atoms with Gasteiger partial charge in [-0.15, -0.1) is 0 Å². The second-order valence-electron chi connectivity index (χ2n) is 13.2. The fourth-order valence-electron chi connectivity index (χ4n) is 6.86. The Bertz CT molecular complexity index is 1360. The Labute approximate surface area is 265 Å². The average molecular weight is 588 g/mol. The predicted molar refractivity (Wildman–Crippen MR) is 182 cm³/mol. The molecule has 5 rings (SSSR count). The molecule has 1 saturated carbocycles. The van der Waals surface area contributed by atoms with E-state index in [9.17, 15) is 4.79 Å². The Balaban J connectivity index is 1.36. The smallest absolute Gasteiger partial charge is 0.306 e. The highest BCUT2D eigenvalue weighted by Crippen LogP contribution is 2.35. The van der Waals surface area contributed by atoms with Gasteiger partial charge >= 0.3 is 5.97 Å². The van der Waals surface area contributed by atoms with E-state index >= 15 is 0 Å². The van der Waals surface area contributed by atoms with Crippen molar-refractivity contribution in [2.24, 2.45) is 17.8 Å². The largest absolute Gasteiger partial charge is 0.462 e. The van der Waals surface area contributed by atoms with Gasteiger partial charge in [-0.2, -0.15) is 0 Å². The van der Waals surface area contributed by atoms with Gasteiger partial charge in [0.25, 0.3) is 0 Å². The second kappa shape index (κ2) is 15.9. The van der Waals surface area contributed by atoms with Crippen LogP contribution >= 0.6 is 0 Å². The number of carbonyl (C=O) groups is 1. The molecule has 0 saturated heterocycles. The normalized spacial score (nSPS) is 19.2. The van der Waals surface area contributed by atoms with Crippen LogP contribution < -0.4 is 0 Å². The number of hydrogen-bond donors (Lipinski definition) is 0. The minimum Gasteiger partial charge on any atom is -0.462 e. The maximum absolute atomic E-state index is 13.4. The zero-order valence-corrected chi connectivity index (χ0v) is 26.8. The van der Waals surface area contributed by atoms with Gasteiger partial charge in [0, 0.05) is 25.6 Å². The van der Waals surface area contributed by atoms with Gasteiger partial charge in [-0.25, -0.2) is 0 Å². The van der Waals surface area contributed by atoms with Gasteiger partial charge in [0.15, 0.2) is 0 Å². The van der Waals surface area contributed by atoms with Crippen LogP contribution in [0, 0.1) is 17.8 Å². The van der Waals surface area contributed by atoms with Gasteiger partial charge in [-0.05, 0) is 71.3 Å². The van der Waals surface area contributed by atoms with E-state index in [2.05, 4.69) is 141 Å². The highest BCUT2D eigenvalue weighted by Gasteiger charge is 2.33. The van der Waals surface area contributed by atoms with Gasteiger partial charge in [0.2, 0.25) is 0 Å². The topological polar surface area (TPSA) is 29.5 Å². The van der Waals surface area contributed by atoms with E-state index in [1.54, 1.807) is 0 Å². The Kier molecular flexibility index (Phi) is 11.4. The van der Waals surface area contributed by atoms with Gasteiger partial charge in [0.05, 0.1) is 0 Å². The molecule has 44 heavy (non-hydrogen) atoms. The zero-order valence-electron chi connectivity index (χ0n) is 26.8. The molecule has 3 nitrogen and oxygen atoms in total. The van der Waals surface area contributed by atoms with Gasteiger partial charge in [0.1, 0.15) is 6.10 Å². The van der Waals surface area contributed by atoms with Crippen LogP contribution in [0.3, 0.4) is 0 Å². The molecule has 4 atom stereocenters. The number of nitrogens with zero attached hydrogens (tertiary/aromatic N) is 1. The zero-order chi connectivity index (χ0) is 30.7. The lowest BCUT2D eigenvalue weighted by Crippen LogP contribution is -2.38. The van der Waals surface area contributed by atoms with Crippen LogP contribution in [0.1, 0.15) is 69.6 Å². The lowest BCUT2D eigenvalue weighted by Gasteiger charge is -2.37. The van der Waals surface area contributed by atoms with Crippen LogP contribution in [0.2, 0.25) is 0 Å². The number of esters is 1. The molecule has 0 spiro atoms. The van der Waals surface area contributed by atoms with Crippen molar-refractivity contribution < 1.29 is 9.53 Å². The molecule has 0 N–H and O–H groups in total. The standard InChI is InChI=1S/C41H49NO2/c1-31(2)39-25-19-32(3)27-40(39)44-41(43)26-24-38(28-33-20-22-37(23-21-33)36-17-11-6-12-18-36)42(29-34-13-7-4-8-14-34)30-35-15-9-5-10-16-35/h4-18,20-23,31-32,38-40H,19,24-30H2,1-3H3/t32-,38?,39+,40-/m1/s1. The SMILES string of the molecule is CC(C)[C@@H]1CC[C@@H](C)C[C@H]1OC(=O)CCC(Cc1ccc(-c2ccccc2)cc1)N(Cc1ccccc1)Cc1ccccc1. The minimum atomic E-state index is -0.0430. The molecule has 1 fully saturated rings. The highest BCUT2D eigenvalue weighted by molar-refractivity contribution is 5.69. The van der Waals surface area contributed by atoms with Crippen LogP contribution in [-0.2, 0) is 29.0 Å². The number of carbonyl (C=O) groups excluding carboxylic acids is 1. The number of rotatable bonds is 13. The maximum Gasteiger partial charge on any atom is 0.306 e. The van der Waals surface area contributed by atoms with Crippen LogP contribution in [0.5, 0.6) is 0 Å². The van der Waals surface area contributed by atoms with Gasteiger partial charge in [-0.3, -0.25) is 9.69 Å². The van der Waals surface area contributed by atoms with Crippen molar-refractivity contribution in [3.63, 3.8) is 0 Å². The van der Waals surface area contributed by atoms with E-state index in [4.69, 9.17) is 4.74 Å². The summed E-state index contributed by atoms with van der Waals surface area (Å²) in [6.07, 6.45) is 5.48. The van der Waals surface area contributed by atoms with Crippen molar-refractivity contribution in [2.45, 2.75) is 84.5 Å². The molecule has 0 heterocycles. The molecule has 3 heteroatoms. The van der Waals surface area contributed by atoms with Crippen LogP contribution in [0.4, 0.5) is 0 Å². The lowest BCUT2D eigenvalue weighted by molar-refractivity contribution is -0.156. The summed E-state index contributed by atoms with van der Waals surface area (Å²) >= 11 is 0. The van der Waals surface area contributed by atoms with Crippen LogP contribution in [-0.4, -0.2) is 23.0 Å². The summed E-state index contributed by atoms with van der Waals surface area (Å²) in [7, 11) is 0. The lowest BCUT2D eigenvalue weighted by atomic mass is 9.75. The van der Waals surface area contributed by atoms with E-state index in [0.29, 0.717) is 24.2 Å². The summed E-state index contributed by atoms with van der Waals surface area (Å²) in [5.41, 5.74) is 6.30. The molecule has 1 unspecified atom stereocenters. The third-order valence-electron chi connectivity index (χ3n) is 9.43. The first kappa shape index (κ1) is 31.7. The predicted octanol–water partition coefficient (Wildman–Crippen LogP) is 9.75. The van der Waals surface area contributed by atoms with Crippen LogP contribution in [0.25, 0.3) is 11.1 Å². The molecule has 4 aromatic rings. The Hall–Kier alpha value is -3.69. The second-order valence-corrected chi connectivity index (χ2v) is 13.2. The Morgan fingerprint density at radius 2 is 1.27 bits per heavy atom. The molecule has 4 aromatic carbocycles. The van der Waals surface area contributed by atoms with Crippen molar-refractivity contribution in [1.29, 1.82) is 0 Å². The first-order valence-electron chi connectivity index (χ1n) is 16.6. The summed E-state index contributed by atoms with van der Waals surface area (Å²) in [6, 6.07) is 41.1. The van der Waals surface area contributed by atoms with Crippen molar-refractivity contribution in [3.8, 4) is 11.1 Å². The molecular weight excluding hydrogens is 538 g/mol.